The van der Waals surface area contributed by atoms with Crippen molar-refractivity contribution in [3.8, 4) is 5.75 Å². The molecule has 1 saturated carbocycles. The average Bonchev–Trinajstić information content (AvgIpc) is 3.11. The zero-order valence-corrected chi connectivity index (χ0v) is 15.1. The molecule has 1 aliphatic heterocycles. The van der Waals surface area contributed by atoms with Gasteiger partial charge in [0.05, 0.1) is 12.1 Å². The van der Waals surface area contributed by atoms with E-state index in [0.717, 1.165) is 13.1 Å². The third-order valence-electron chi connectivity index (χ3n) is 5.97. The van der Waals surface area contributed by atoms with Gasteiger partial charge in [0.1, 0.15) is 11.6 Å². The number of hydrogen-bond donors (Lipinski definition) is 2. The number of phenolic OH excluding ortho intramolecular Hbond substituents is 1. The summed E-state index contributed by atoms with van der Waals surface area (Å²) >= 11 is 0. The molecule has 3 atom stereocenters. The largest absolute Gasteiger partial charge is 0.508 e. The molecular weight excluding hydrogens is 345 g/mol. The van der Waals surface area contributed by atoms with Crippen LogP contribution in [0.2, 0.25) is 0 Å². The van der Waals surface area contributed by atoms with Gasteiger partial charge in [-0.05, 0) is 60.6 Å². The molecule has 2 N–H and O–H groups in total. The van der Waals surface area contributed by atoms with E-state index >= 15 is 0 Å². The van der Waals surface area contributed by atoms with Crippen LogP contribution in [0.4, 0.5) is 4.39 Å². The first-order valence-electron chi connectivity index (χ1n) is 9.42. The maximum Gasteiger partial charge on any atom is 0.176 e. The molecular formula is C22H24FNO3. The SMILES string of the molecule is O=C(CN1CC2CC(O)(Cc3ccccc3F)C[C@H]2C1)c1ccc(O)cc1. The van der Waals surface area contributed by atoms with Crippen molar-refractivity contribution in [2.45, 2.75) is 24.9 Å². The minimum absolute atomic E-state index is 0.0385. The maximum absolute atomic E-state index is 13.9. The van der Waals surface area contributed by atoms with Crippen molar-refractivity contribution in [1.29, 1.82) is 0 Å². The molecule has 2 aromatic carbocycles. The summed E-state index contributed by atoms with van der Waals surface area (Å²) in [6.07, 6.45) is 1.64. The summed E-state index contributed by atoms with van der Waals surface area (Å²) < 4.78 is 13.9. The molecule has 2 aromatic rings. The van der Waals surface area contributed by atoms with Gasteiger partial charge in [-0.2, -0.15) is 0 Å². The van der Waals surface area contributed by atoms with Crippen LogP contribution in [0.1, 0.15) is 28.8 Å². The number of halogens is 1. The molecule has 2 aliphatic rings. The predicted octanol–water partition coefficient (Wildman–Crippen LogP) is 3.03. The van der Waals surface area contributed by atoms with Crippen LogP contribution in [-0.2, 0) is 6.42 Å². The Morgan fingerprint density at radius 1 is 1.07 bits per heavy atom. The van der Waals surface area contributed by atoms with Gasteiger partial charge in [0, 0.05) is 25.1 Å². The van der Waals surface area contributed by atoms with Crippen LogP contribution in [-0.4, -0.2) is 46.1 Å². The Hall–Kier alpha value is -2.24. The highest BCUT2D eigenvalue weighted by Gasteiger charge is 2.48. The number of fused-ring (bicyclic) bond motifs is 1. The van der Waals surface area contributed by atoms with E-state index in [2.05, 4.69) is 4.90 Å². The molecule has 1 heterocycles. The first-order chi connectivity index (χ1) is 12.9. The lowest BCUT2D eigenvalue weighted by Gasteiger charge is -2.26. The van der Waals surface area contributed by atoms with Gasteiger partial charge in [0.25, 0.3) is 0 Å². The Kier molecular flexibility index (Phi) is 4.74. The number of Topliss-reactive ketones (excluding diaryl/α,β-unsaturated/α-hetero) is 1. The van der Waals surface area contributed by atoms with Gasteiger partial charge in [-0.1, -0.05) is 18.2 Å². The molecule has 1 aliphatic carbocycles. The van der Waals surface area contributed by atoms with Crippen LogP contribution < -0.4 is 0 Å². The van der Waals surface area contributed by atoms with Gasteiger partial charge < -0.3 is 10.2 Å². The molecule has 27 heavy (non-hydrogen) atoms. The minimum Gasteiger partial charge on any atom is -0.508 e. The Labute approximate surface area is 158 Å². The number of ketones is 1. The van der Waals surface area contributed by atoms with E-state index in [0.29, 0.717) is 48.8 Å². The topological polar surface area (TPSA) is 60.8 Å². The minimum atomic E-state index is -0.857. The van der Waals surface area contributed by atoms with Crippen molar-refractivity contribution in [1.82, 2.24) is 4.90 Å². The molecule has 2 unspecified atom stereocenters. The lowest BCUT2D eigenvalue weighted by atomic mass is 9.91. The standard InChI is InChI=1S/C22H24FNO3/c23-20-4-2-1-3-16(20)9-22(27)10-17-12-24(13-18(17)11-22)14-21(26)15-5-7-19(25)8-6-15/h1-8,17-18,25,27H,9-14H2/t17-,18?,22?/m0/s1. The molecule has 4 rings (SSSR count). The number of hydrogen-bond acceptors (Lipinski definition) is 4. The second kappa shape index (κ2) is 7.06. The Morgan fingerprint density at radius 2 is 1.70 bits per heavy atom. The van der Waals surface area contributed by atoms with Crippen LogP contribution in [0.3, 0.4) is 0 Å². The first-order valence-corrected chi connectivity index (χ1v) is 9.42. The Bertz CT molecular complexity index is 822. The molecule has 0 spiro atoms. The van der Waals surface area contributed by atoms with E-state index in [1.807, 2.05) is 0 Å². The predicted molar refractivity (Wildman–Crippen MR) is 100 cm³/mol. The van der Waals surface area contributed by atoms with Crippen LogP contribution >= 0.6 is 0 Å². The molecule has 0 aromatic heterocycles. The van der Waals surface area contributed by atoms with Gasteiger partial charge in [-0.15, -0.1) is 0 Å². The summed E-state index contributed by atoms with van der Waals surface area (Å²) in [6, 6.07) is 13.0. The fourth-order valence-corrected chi connectivity index (χ4v) is 4.77. The van der Waals surface area contributed by atoms with Crippen LogP contribution in [0.5, 0.6) is 5.75 Å². The van der Waals surface area contributed by atoms with Crippen molar-refractivity contribution < 1.29 is 19.4 Å². The quantitative estimate of drug-likeness (QED) is 0.796. The second-order valence-corrected chi connectivity index (χ2v) is 8.09. The number of likely N-dealkylation sites (tertiary alicyclic amines) is 1. The van der Waals surface area contributed by atoms with E-state index in [-0.39, 0.29) is 17.3 Å². The first kappa shape index (κ1) is 18.1. The molecule has 2 fully saturated rings. The normalized spacial score (nSPS) is 27.6. The number of rotatable bonds is 5. The molecule has 0 bridgehead atoms. The zero-order chi connectivity index (χ0) is 19.0. The highest BCUT2D eigenvalue weighted by molar-refractivity contribution is 5.97. The van der Waals surface area contributed by atoms with E-state index in [4.69, 9.17) is 0 Å². The number of benzene rings is 2. The highest BCUT2D eigenvalue weighted by Crippen LogP contribution is 2.45. The van der Waals surface area contributed by atoms with Gasteiger partial charge >= 0.3 is 0 Å². The fourth-order valence-electron chi connectivity index (χ4n) is 4.77. The number of aliphatic hydroxyl groups is 1. The van der Waals surface area contributed by atoms with Crippen molar-refractivity contribution in [2.75, 3.05) is 19.6 Å². The number of nitrogens with zero attached hydrogens (tertiary/aromatic N) is 1. The van der Waals surface area contributed by atoms with Gasteiger partial charge in [0.2, 0.25) is 0 Å². The van der Waals surface area contributed by atoms with Crippen molar-refractivity contribution in [3.05, 3.63) is 65.5 Å². The summed E-state index contributed by atoms with van der Waals surface area (Å²) in [5.41, 5.74) is 0.310. The van der Waals surface area contributed by atoms with Crippen LogP contribution in [0, 0.1) is 17.7 Å². The van der Waals surface area contributed by atoms with Gasteiger partial charge in [-0.25, -0.2) is 4.39 Å². The second-order valence-electron chi connectivity index (χ2n) is 8.09. The Balaban J connectivity index is 1.34. The van der Waals surface area contributed by atoms with Gasteiger partial charge in [0.15, 0.2) is 5.78 Å². The molecule has 1 saturated heterocycles. The molecule has 5 heteroatoms. The number of carbonyl (C=O) groups is 1. The van der Waals surface area contributed by atoms with E-state index in [1.165, 1.54) is 18.2 Å². The van der Waals surface area contributed by atoms with Crippen molar-refractivity contribution >= 4 is 5.78 Å². The number of aromatic hydroxyl groups is 1. The van der Waals surface area contributed by atoms with Crippen LogP contribution in [0.15, 0.2) is 48.5 Å². The molecule has 142 valence electrons. The number of carbonyl (C=O) groups excluding carboxylic acids is 1. The highest BCUT2D eigenvalue weighted by atomic mass is 19.1. The maximum atomic E-state index is 13.9. The lowest BCUT2D eigenvalue weighted by molar-refractivity contribution is 0.0347. The lowest BCUT2D eigenvalue weighted by Crippen LogP contribution is -2.34. The summed E-state index contributed by atoms with van der Waals surface area (Å²) in [5.74, 6) is 0.612. The summed E-state index contributed by atoms with van der Waals surface area (Å²) in [7, 11) is 0. The summed E-state index contributed by atoms with van der Waals surface area (Å²) in [6.45, 7) is 1.92. The monoisotopic (exact) mass is 369 g/mol. The zero-order valence-electron chi connectivity index (χ0n) is 15.1. The smallest absolute Gasteiger partial charge is 0.176 e. The Morgan fingerprint density at radius 3 is 2.33 bits per heavy atom. The molecule has 0 amide bonds. The fraction of sp³-hybridized carbons (Fsp3) is 0.409. The van der Waals surface area contributed by atoms with Crippen molar-refractivity contribution in [2.24, 2.45) is 11.8 Å². The van der Waals surface area contributed by atoms with E-state index in [9.17, 15) is 19.4 Å². The molecule has 4 nitrogen and oxygen atoms in total. The van der Waals surface area contributed by atoms with E-state index in [1.54, 1.807) is 30.3 Å². The van der Waals surface area contributed by atoms with Gasteiger partial charge in [-0.3, -0.25) is 9.69 Å². The summed E-state index contributed by atoms with van der Waals surface area (Å²) in [5, 5.41) is 20.3. The number of phenols is 1. The third-order valence-corrected chi connectivity index (χ3v) is 5.97. The van der Waals surface area contributed by atoms with Crippen LogP contribution in [0.25, 0.3) is 0 Å². The molecule has 0 radical (unpaired) electrons. The van der Waals surface area contributed by atoms with E-state index < -0.39 is 5.60 Å². The third kappa shape index (κ3) is 3.89. The average molecular weight is 369 g/mol. The van der Waals surface area contributed by atoms with Crippen molar-refractivity contribution in [3.63, 3.8) is 0 Å². The summed E-state index contributed by atoms with van der Waals surface area (Å²) in [4.78, 5) is 14.6.